The van der Waals surface area contributed by atoms with Crippen LogP contribution in [0, 0.1) is 0 Å². The number of hydrogen-bond acceptors (Lipinski definition) is 7. The summed E-state index contributed by atoms with van der Waals surface area (Å²) in [5, 5.41) is 22.0. The largest absolute Gasteiger partial charge is 0.488 e. The van der Waals surface area contributed by atoms with Crippen molar-refractivity contribution in [1.82, 2.24) is 15.0 Å². The molecule has 4 rings (SSSR count). The molecule has 0 aliphatic carbocycles. The van der Waals surface area contributed by atoms with Crippen LogP contribution in [0.1, 0.15) is 30.8 Å². The average molecular weight is 389 g/mol. The second-order valence-corrected chi connectivity index (χ2v) is 7.25. The van der Waals surface area contributed by atoms with Gasteiger partial charge in [0, 0.05) is 24.7 Å². The molecule has 0 amide bonds. The van der Waals surface area contributed by atoms with Crippen LogP contribution in [0.25, 0.3) is 0 Å². The fraction of sp³-hybridized carbons (Fsp3) is 0.286. The monoisotopic (exact) mass is 389 g/mol. The number of aryl methyl sites for hydroxylation is 1. The molecule has 1 aliphatic heterocycles. The first-order valence-electron chi connectivity index (χ1n) is 9.86. The fourth-order valence-corrected chi connectivity index (χ4v) is 3.67. The maximum absolute atomic E-state index is 9.36. The van der Waals surface area contributed by atoms with Gasteiger partial charge in [0.15, 0.2) is 0 Å². The van der Waals surface area contributed by atoms with Crippen LogP contribution in [-0.4, -0.2) is 38.2 Å². The van der Waals surface area contributed by atoms with Gasteiger partial charge in [-0.05, 0) is 36.0 Å². The lowest BCUT2D eigenvalue weighted by Crippen LogP contribution is -2.30. The molecule has 1 aromatic heterocycles. The normalized spacial score (nSPS) is 15.3. The number of rotatable bonds is 6. The lowest BCUT2D eigenvalue weighted by atomic mass is 9.80. The van der Waals surface area contributed by atoms with Crippen molar-refractivity contribution in [3.63, 3.8) is 0 Å². The van der Waals surface area contributed by atoms with E-state index < -0.39 is 7.12 Å². The van der Waals surface area contributed by atoms with E-state index in [0.717, 1.165) is 23.5 Å². The van der Waals surface area contributed by atoms with Gasteiger partial charge in [0.25, 0.3) is 0 Å². The van der Waals surface area contributed by atoms with Gasteiger partial charge in [0.05, 0.1) is 0 Å². The zero-order valence-corrected chi connectivity index (χ0v) is 16.6. The standard InChI is InChI=1S/C21H24BN5O2/c1-3-19-24-20(23-13-15-7-6-9-17(12-15)22(28)29)26-21(25-19)27-14(2)11-16-8-4-5-10-18(16)27/h4-10,12,14,28-29H,3,11,13H2,1-2H3,(H,23,24,25,26). The molecule has 1 aliphatic rings. The van der Waals surface area contributed by atoms with Crippen LogP contribution in [0.15, 0.2) is 48.5 Å². The molecule has 0 fully saturated rings. The lowest BCUT2D eigenvalue weighted by Gasteiger charge is -2.23. The maximum Gasteiger partial charge on any atom is 0.488 e. The van der Waals surface area contributed by atoms with E-state index >= 15 is 0 Å². The maximum atomic E-state index is 9.36. The minimum absolute atomic E-state index is 0.273. The number of nitrogens with zero attached hydrogens (tertiary/aromatic N) is 4. The van der Waals surface area contributed by atoms with Crippen LogP contribution < -0.4 is 15.7 Å². The smallest absolute Gasteiger partial charge is 0.423 e. The predicted octanol–water partition coefficient (Wildman–Crippen LogP) is 1.81. The number of nitrogens with one attached hydrogen (secondary N) is 1. The Labute approximate surface area is 170 Å². The number of aromatic nitrogens is 3. The summed E-state index contributed by atoms with van der Waals surface area (Å²) in [6, 6.07) is 15.8. The summed E-state index contributed by atoms with van der Waals surface area (Å²) in [6.07, 6.45) is 1.67. The van der Waals surface area contributed by atoms with E-state index in [2.05, 4.69) is 50.3 Å². The third-order valence-electron chi connectivity index (χ3n) is 5.11. The van der Waals surface area contributed by atoms with Crippen molar-refractivity contribution in [2.45, 2.75) is 39.3 Å². The van der Waals surface area contributed by atoms with Crippen LogP contribution >= 0.6 is 0 Å². The highest BCUT2D eigenvalue weighted by Gasteiger charge is 2.29. The van der Waals surface area contributed by atoms with Gasteiger partial charge in [-0.2, -0.15) is 15.0 Å². The summed E-state index contributed by atoms with van der Waals surface area (Å²) >= 11 is 0. The Morgan fingerprint density at radius 3 is 2.72 bits per heavy atom. The van der Waals surface area contributed by atoms with Crippen molar-refractivity contribution >= 4 is 30.2 Å². The highest BCUT2D eigenvalue weighted by molar-refractivity contribution is 6.58. The second kappa shape index (κ2) is 8.18. The molecule has 7 nitrogen and oxygen atoms in total. The topological polar surface area (TPSA) is 94.4 Å². The van der Waals surface area contributed by atoms with E-state index in [9.17, 15) is 10.0 Å². The molecule has 148 valence electrons. The molecule has 0 bridgehead atoms. The van der Waals surface area contributed by atoms with E-state index in [1.807, 2.05) is 19.1 Å². The second-order valence-electron chi connectivity index (χ2n) is 7.25. The molecule has 0 radical (unpaired) electrons. The minimum atomic E-state index is -1.48. The molecular formula is C21H24BN5O2. The molecule has 29 heavy (non-hydrogen) atoms. The summed E-state index contributed by atoms with van der Waals surface area (Å²) < 4.78 is 0. The van der Waals surface area contributed by atoms with Crippen molar-refractivity contribution < 1.29 is 10.0 Å². The molecule has 2 aromatic carbocycles. The fourth-order valence-electron chi connectivity index (χ4n) is 3.67. The zero-order valence-electron chi connectivity index (χ0n) is 16.6. The average Bonchev–Trinajstić information content (AvgIpc) is 3.07. The lowest BCUT2D eigenvalue weighted by molar-refractivity contribution is 0.425. The van der Waals surface area contributed by atoms with Crippen LogP contribution in [0.5, 0.6) is 0 Å². The van der Waals surface area contributed by atoms with Crippen molar-refractivity contribution in [3.8, 4) is 0 Å². The SMILES string of the molecule is CCc1nc(NCc2cccc(B(O)O)c2)nc(N2c3ccccc3CC2C)n1. The quantitative estimate of drug-likeness (QED) is 0.554. The summed E-state index contributed by atoms with van der Waals surface area (Å²) in [5.74, 6) is 1.89. The molecule has 0 saturated heterocycles. The first-order chi connectivity index (χ1) is 14.0. The number of benzene rings is 2. The molecule has 0 spiro atoms. The first kappa shape index (κ1) is 19.4. The molecule has 1 atom stereocenters. The third kappa shape index (κ3) is 4.08. The highest BCUT2D eigenvalue weighted by atomic mass is 16.4. The van der Waals surface area contributed by atoms with Gasteiger partial charge >= 0.3 is 7.12 Å². The van der Waals surface area contributed by atoms with E-state index in [0.29, 0.717) is 30.3 Å². The Balaban J connectivity index is 1.60. The molecule has 3 N–H and O–H groups in total. The summed E-state index contributed by atoms with van der Waals surface area (Å²) in [7, 11) is -1.48. The van der Waals surface area contributed by atoms with Gasteiger partial charge in [-0.15, -0.1) is 0 Å². The van der Waals surface area contributed by atoms with Crippen molar-refractivity contribution in [2.75, 3.05) is 10.2 Å². The Bertz CT molecular complexity index is 1010. The van der Waals surface area contributed by atoms with Crippen molar-refractivity contribution in [3.05, 3.63) is 65.5 Å². The molecule has 1 unspecified atom stereocenters. The van der Waals surface area contributed by atoms with Gasteiger partial charge in [-0.3, -0.25) is 0 Å². The van der Waals surface area contributed by atoms with Crippen LogP contribution in [0.4, 0.5) is 17.6 Å². The van der Waals surface area contributed by atoms with Crippen LogP contribution in [-0.2, 0) is 19.4 Å². The molecule has 3 aromatic rings. The summed E-state index contributed by atoms with van der Waals surface area (Å²) in [5.41, 5.74) is 3.81. The zero-order chi connectivity index (χ0) is 20.4. The number of fused-ring (bicyclic) bond motifs is 1. The first-order valence-corrected chi connectivity index (χ1v) is 9.86. The Morgan fingerprint density at radius 2 is 1.93 bits per heavy atom. The highest BCUT2D eigenvalue weighted by Crippen LogP contribution is 2.36. The third-order valence-corrected chi connectivity index (χ3v) is 5.11. The van der Waals surface area contributed by atoms with Crippen LogP contribution in [0.3, 0.4) is 0 Å². The van der Waals surface area contributed by atoms with Crippen molar-refractivity contribution in [2.24, 2.45) is 0 Å². The Kier molecular flexibility index (Phi) is 5.46. The van der Waals surface area contributed by atoms with E-state index in [1.54, 1.807) is 18.2 Å². The number of hydrogen-bond donors (Lipinski definition) is 3. The van der Waals surface area contributed by atoms with Gasteiger partial charge in [0.2, 0.25) is 11.9 Å². The van der Waals surface area contributed by atoms with Crippen LogP contribution in [0.2, 0.25) is 0 Å². The molecule has 2 heterocycles. The Morgan fingerprint density at radius 1 is 1.10 bits per heavy atom. The predicted molar refractivity (Wildman–Crippen MR) is 115 cm³/mol. The van der Waals surface area contributed by atoms with Gasteiger partial charge in [-0.25, -0.2) is 0 Å². The van der Waals surface area contributed by atoms with Gasteiger partial charge in [0.1, 0.15) is 5.82 Å². The minimum Gasteiger partial charge on any atom is -0.423 e. The Hall–Kier alpha value is -2.97. The molecule has 8 heteroatoms. The number of para-hydroxylation sites is 1. The van der Waals surface area contributed by atoms with Crippen molar-refractivity contribution in [1.29, 1.82) is 0 Å². The molecular weight excluding hydrogens is 365 g/mol. The molecule has 0 saturated carbocycles. The van der Waals surface area contributed by atoms with Gasteiger partial charge in [-0.1, -0.05) is 49.4 Å². The number of anilines is 3. The summed E-state index contributed by atoms with van der Waals surface area (Å²) in [6.45, 7) is 4.67. The summed E-state index contributed by atoms with van der Waals surface area (Å²) in [4.78, 5) is 16.0. The van der Waals surface area contributed by atoms with E-state index in [4.69, 9.17) is 0 Å². The van der Waals surface area contributed by atoms with Gasteiger partial charge < -0.3 is 20.3 Å². The van der Waals surface area contributed by atoms with E-state index in [-0.39, 0.29) is 6.04 Å². The van der Waals surface area contributed by atoms with E-state index in [1.165, 1.54) is 5.56 Å².